The van der Waals surface area contributed by atoms with Crippen molar-refractivity contribution >= 4 is 6.08 Å². The van der Waals surface area contributed by atoms with Gasteiger partial charge in [-0.3, -0.25) is 0 Å². The Balaban J connectivity index is 0.000000171. The Morgan fingerprint density at radius 3 is 2.43 bits per heavy atom. The third kappa shape index (κ3) is 4.17. The quantitative estimate of drug-likeness (QED) is 0.628. The van der Waals surface area contributed by atoms with Crippen molar-refractivity contribution in [1.82, 2.24) is 10.2 Å². The van der Waals surface area contributed by atoms with Crippen LogP contribution in [0, 0.1) is 5.41 Å². The van der Waals surface area contributed by atoms with E-state index in [4.69, 9.17) is 0 Å². The van der Waals surface area contributed by atoms with Gasteiger partial charge in [0.25, 0.3) is 0 Å². The molecule has 0 fully saturated rings. The van der Waals surface area contributed by atoms with Gasteiger partial charge in [-0.15, -0.1) is 0 Å². The van der Waals surface area contributed by atoms with Gasteiger partial charge in [-0.25, -0.2) is 0 Å². The van der Waals surface area contributed by atoms with Crippen LogP contribution in [0.5, 0.6) is 0 Å². The fraction of sp³-hybridized carbons (Fsp3) is 0.500. The minimum absolute atomic E-state index is 0.500. The second-order valence-electron chi connectivity index (χ2n) is 5.05. The lowest BCUT2D eigenvalue weighted by Gasteiger charge is -2.05. The lowest BCUT2D eigenvalue weighted by molar-refractivity contribution is 0.469. The number of rotatable bonds is 0. The molecule has 0 N–H and O–H groups in total. The summed E-state index contributed by atoms with van der Waals surface area (Å²) >= 11 is 0. The lowest BCUT2D eigenvalue weighted by atomic mass is 10.0. The predicted octanol–water partition coefficient (Wildman–Crippen LogP) is 3.10. The molecule has 2 rings (SSSR count). The van der Waals surface area contributed by atoms with Crippen molar-refractivity contribution < 1.29 is 0 Å². The monoisotopic (exact) mass is 190 g/mol. The second kappa shape index (κ2) is 4.36. The van der Waals surface area contributed by atoms with Crippen LogP contribution in [0.25, 0.3) is 6.08 Å². The van der Waals surface area contributed by atoms with Gasteiger partial charge in [-0.1, -0.05) is 33.8 Å². The van der Waals surface area contributed by atoms with Crippen LogP contribution in [0.4, 0.5) is 0 Å². The zero-order chi connectivity index (χ0) is 10.6. The van der Waals surface area contributed by atoms with Crippen LogP contribution in [0.3, 0.4) is 0 Å². The number of nitrogens with zero attached hydrogens (tertiary/aromatic N) is 2. The van der Waals surface area contributed by atoms with E-state index in [0.29, 0.717) is 5.41 Å². The zero-order valence-corrected chi connectivity index (χ0v) is 9.41. The second-order valence-corrected chi connectivity index (χ2v) is 5.05. The van der Waals surface area contributed by atoms with Gasteiger partial charge in [0.15, 0.2) is 0 Å². The summed E-state index contributed by atoms with van der Waals surface area (Å²) in [5.74, 6) is 0. The van der Waals surface area contributed by atoms with Gasteiger partial charge in [0, 0.05) is 6.20 Å². The van der Waals surface area contributed by atoms with E-state index in [2.05, 4.69) is 44.0 Å². The highest BCUT2D eigenvalue weighted by Gasteiger charge is 2.03. The normalized spacial score (nSPS) is 13.1. The third-order valence-electron chi connectivity index (χ3n) is 1.45. The summed E-state index contributed by atoms with van der Waals surface area (Å²) in [5.41, 5.74) is 2.81. The van der Waals surface area contributed by atoms with Gasteiger partial charge in [0.1, 0.15) is 0 Å². The first-order chi connectivity index (χ1) is 6.47. The summed E-state index contributed by atoms with van der Waals surface area (Å²) in [4.78, 5) is 0. The number of hydrogen-bond donors (Lipinski definition) is 0. The summed E-state index contributed by atoms with van der Waals surface area (Å²) in [6, 6.07) is 2.00. The van der Waals surface area contributed by atoms with Crippen molar-refractivity contribution in [1.29, 1.82) is 0 Å². The first kappa shape index (κ1) is 10.9. The van der Waals surface area contributed by atoms with Gasteiger partial charge in [0.05, 0.1) is 5.69 Å². The van der Waals surface area contributed by atoms with E-state index >= 15 is 0 Å². The van der Waals surface area contributed by atoms with E-state index in [1.165, 1.54) is 5.56 Å². The molecular weight excluding hydrogens is 172 g/mol. The maximum Gasteiger partial charge on any atom is 0.0889 e. The fourth-order valence-corrected chi connectivity index (χ4v) is 0.979. The van der Waals surface area contributed by atoms with Gasteiger partial charge >= 0.3 is 0 Å². The highest BCUT2D eigenvalue weighted by Crippen LogP contribution is 2.13. The fourth-order valence-electron chi connectivity index (χ4n) is 0.979. The van der Waals surface area contributed by atoms with Crippen LogP contribution in [-0.2, 0) is 6.42 Å². The van der Waals surface area contributed by atoms with Crippen molar-refractivity contribution in [3.63, 3.8) is 0 Å². The lowest BCUT2D eigenvalue weighted by Crippen LogP contribution is -1.93. The van der Waals surface area contributed by atoms with Crippen molar-refractivity contribution in [2.24, 2.45) is 5.41 Å². The SMILES string of the molecule is C1=Cc2nnccc2C1.CC(C)(C)C. The van der Waals surface area contributed by atoms with Crippen molar-refractivity contribution in [2.75, 3.05) is 0 Å². The zero-order valence-electron chi connectivity index (χ0n) is 9.41. The molecule has 0 saturated heterocycles. The number of aromatic nitrogens is 2. The van der Waals surface area contributed by atoms with Crippen LogP contribution in [0.1, 0.15) is 39.0 Å². The van der Waals surface area contributed by atoms with Crippen LogP contribution in [0.15, 0.2) is 18.3 Å². The average Bonchev–Trinajstić information content (AvgIpc) is 2.47. The minimum atomic E-state index is 0.500. The van der Waals surface area contributed by atoms with Gasteiger partial charge in [-0.2, -0.15) is 10.2 Å². The summed E-state index contributed by atoms with van der Waals surface area (Å²) in [6.07, 6.45) is 6.85. The number of allylic oxidation sites excluding steroid dienone is 1. The first-order valence-corrected chi connectivity index (χ1v) is 4.94. The minimum Gasteiger partial charge on any atom is -0.159 e. The summed E-state index contributed by atoms with van der Waals surface area (Å²) in [7, 11) is 0. The predicted molar refractivity (Wildman–Crippen MR) is 59.9 cm³/mol. The Labute approximate surface area is 86.1 Å². The molecule has 1 aliphatic rings. The largest absolute Gasteiger partial charge is 0.159 e. The molecule has 0 amide bonds. The van der Waals surface area contributed by atoms with E-state index in [0.717, 1.165) is 12.1 Å². The molecule has 0 saturated carbocycles. The summed E-state index contributed by atoms with van der Waals surface area (Å²) in [6.45, 7) is 8.75. The molecule has 0 aromatic carbocycles. The summed E-state index contributed by atoms with van der Waals surface area (Å²) in [5, 5.41) is 7.68. The molecule has 0 spiro atoms. The first-order valence-electron chi connectivity index (χ1n) is 4.94. The molecule has 0 unspecified atom stereocenters. The standard InChI is InChI=1S/C7H6N2.C5H12/c1-2-6-4-5-8-9-7(6)3-1;1-5(2,3)4/h1,3-5H,2H2;1-4H3. The van der Waals surface area contributed by atoms with Gasteiger partial charge in [0.2, 0.25) is 0 Å². The Morgan fingerprint density at radius 1 is 1.21 bits per heavy atom. The smallest absolute Gasteiger partial charge is 0.0889 e. The third-order valence-corrected chi connectivity index (χ3v) is 1.45. The molecule has 1 aromatic heterocycles. The maximum absolute atomic E-state index is 3.92. The Hall–Kier alpha value is -1.18. The highest BCUT2D eigenvalue weighted by atomic mass is 15.1. The molecule has 1 heterocycles. The molecule has 0 radical (unpaired) electrons. The Morgan fingerprint density at radius 2 is 1.86 bits per heavy atom. The van der Waals surface area contributed by atoms with Gasteiger partial charge < -0.3 is 0 Å². The van der Waals surface area contributed by atoms with Crippen LogP contribution < -0.4 is 0 Å². The molecular formula is C12H18N2. The molecule has 0 atom stereocenters. The molecule has 1 aliphatic carbocycles. The Bertz CT molecular complexity index is 315. The van der Waals surface area contributed by atoms with Crippen molar-refractivity contribution in [2.45, 2.75) is 34.1 Å². The van der Waals surface area contributed by atoms with Crippen molar-refractivity contribution in [3.8, 4) is 0 Å². The molecule has 0 aliphatic heterocycles. The van der Waals surface area contributed by atoms with E-state index in [1.54, 1.807) is 6.20 Å². The topological polar surface area (TPSA) is 25.8 Å². The maximum atomic E-state index is 3.92. The molecule has 2 heteroatoms. The van der Waals surface area contributed by atoms with E-state index < -0.39 is 0 Å². The van der Waals surface area contributed by atoms with E-state index in [1.807, 2.05) is 12.1 Å². The van der Waals surface area contributed by atoms with Crippen molar-refractivity contribution in [3.05, 3.63) is 29.6 Å². The molecule has 14 heavy (non-hydrogen) atoms. The molecule has 76 valence electrons. The van der Waals surface area contributed by atoms with Crippen LogP contribution in [-0.4, -0.2) is 10.2 Å². The van der Waals surface area contributed by atoms with Crippen LogP contribution >= 0.6 is 0 Å². The number of hydrogen-bond acceptors (Lipinski definition) is 2. The molecule has 1 aromatic rings. The highest BCUT2D eigenvalue weighted by molar-refractivity contribution is 5.54. The Kier molecular flexibility index (Phi) is 3.39. The number of fused-ring (bicyclic) bond motifs is 1. The molecule has 0 bridgehead atoms. The van der Waals surface area contributed by atoms with Crippen LogP contribution in [0.2, 0.25) is 0 Å². The van der Waals surface area contributed by atoms with Gasteiger partial charge in [-0.05, 0) is 29.5 Å². The van der Waals surface area contributed by atoms with E-state index in [9.17, 15) is 0 Å². The average molecular weight is 190 g/mol. The van der Waals surface area contributed by atoms with E-state index in [-0.39, 0.29) is 0 Å². The summed E-state index contributed by atoms with van der Waals surface area (Å²) < 4.78 is 0. The molecule has 2 nitrogen and oxygen atoms in total.